The molecule has 0 aliphatic carbocycles. The van der Waals surface area contributed by atoms with Crippen molar-refractivity contribution in [1.82, 2.24) is 9.80 Å². The van der Waals surface area contributed by atoms with E-state index in [2.05, 4.69) is 11.0 Å². The van der Waals surface area contributed by atoms with E-state index < -0.39 is 12.1 Å². The molecule has 3 atom stereocenters. The Morgan fingerprint density at radius 3 is 1.89 bits per heavy atom. The predicted molar refractivity (Wildman–Crippen MR) is 224 cm³/mol. The number of fused-ring (bicyclic) bond motifs is 6. The first-order valence-corrected chi connectivity index (χ1v) is 20.2. The van der Waals surface area contributed by atoms with Gasteiger partial charge in [0.05, 0.1) is 11.7 Å². The molecule has 1 fully saturated rings. The van der Waals surface area contributed by atoms with Crippen LogP contribution in [0.25, 0.3) is 21.5 Å². The fourth-order valence-electron chi connectivity index (χ4n) is 8.86. The van der Waals surface area contributed by atoms with Crippen LogP contribution in [0.2, 0.25) is 0 Å². The van der Waals surface area contributed by atoms with Gasteiger partial charge < -0.3 is 30.3 Å². The number of nitrogens with two attached hydrogens (primary N) is 1. The van der Waals surface area contributed by atoms with Gasteiger partial charge in [0.15, 0.2) is 0 Å². The molecule has 0 radical (unpaired) electrons. The molecule has 3 amide bonds. The monoisotopic (exact) mass is 793 g/mol. The highest BCUT2D eigenvalue weighted by molar-refractivity contribution is 6.19. The molecule has 0 spiro atoms. The number of alkyl halides is 2. The zero-order chi connectivity index (χ0) is 39.1. The summed E-state index contributed by atoms with van der Waals surface area (Å²) in [6, 6.07) is 27.2. The first-order valence-electron chi connectivity index (χ1n) is 19.2. The summed E-state index contributed by atoms with van der Waals surface area (Å²) in [5.41, 5.74) is 12.0. The average molecular weight is 795 g/mol. The minimum atomic E-state index is -0.961. The molecule has 290 valence electrons. The maximum atomic E-state index is 14.1. The van der Waals surface area contributed by atoms with Crippen LogP contribution in [0.3, 0.4) is 0 Å². The van der Waals surface area contributed by atoms with Gasteiger partial charge in [0.2, 0.25) is 11.8 Å². The molecule has 0 bridgehead atoms. The second-order valence-electron chi connectivity index (χ2n) is 15.1. The molecule has 10 nitrogen and oxygen atoms in total. The standard InChI is InChI=1S/C44H45Cl2N5O5/c1-48-17-18-49(44(54)55)38(25-48)35-19-36-42(33-9-4-2-7-31(33)35)28(21-45)23-50(36)40(52)11-6-12-41(53)51-24-29(22-46)43-34-10-5-3-8-32(34)39(20-37(43)51)56-26-27-13-15-30(47)16-14-27/h2-5,7-10,13-16,19-20,28-29,38H,6,11-12,17-18,21-26,47H2,1H3,(H,54,55)/t28?,29-,38?/m1/s1. The van der Waals surface area contributed by atoms with E-state index >= 15 is 0 Å². The number of carboxylic acid groups (broad SMARTS) is 1. The van der Waals surface area contributed by atoms with E-state index in [4.69, 9.17) is 33.7 Å². The summed E-state index contributed by atoms with van der Waals surface area (Å²) in [4.78, 5) is 47.8. The number of nitrogen functional groups attached to an aromatic ring is 1. The molecule has 2 unspecified atom stereocenters. The maximum absolute atomic E-state index is 14.1. The highest BCUT2D eigenvalue weighted by Gasteiger charge is 2.38. The van der Waals surface area contributed by atoms with Crippen LogP contribution in [-0.2, 0) is 16.2 Å². The molecule has 0 saturated carbocycles. The van der Waals surface area contributed by atoms with E-state index in [-0.39, 0.29) is 36.5 Å². The van der Waals surface area contributed by atoms with E-state index in [9.17, 15) is 19.5 Å². The van der Waals surface area contributed by atoms with Crippen LogP contribution in [0.4, 0.5) is 21.9 Å². The summed E-state index contributed by atoms with van der Waals surface area (Å²) < 4.78 is 6.37. The average Bonchev–Trinajstić information content (AvgIpc) is 3.79. The summed E-state index contributed by atoms with van der Waals surface area (Å²) in [5, 5.41) is 14.1. The SMILES string of the molecule is CN1CCN(C(=O)O)C(c2cc3c(c4ccccc24)C(CCl)CN3C(=O)CCCC(=O)N2C[C@@H](CCl)c3c2cc(OCc2ccc(N)cc2)c2ccccc32)C1. The number of hydrogen-bond donors (Lipinski definition) is 2. The summed E-state index contributed by atoms with van der Waals surface area (Å²) in [7, 11) is 2.00. The maximum Gasteiger partial charge on any atom is 0.407 e. The number of anilines is 3. The Kier molecular flexibility index (Phi) is 10.7. The lowest BCUT2D eigenvalue weighted by molar-refractivity contribution is -0.119. The van der Waals surface area contributed by atoms with Crippen LogP contribution in [0.5, 0.6) is 5.75 Å². The number of piperazine rings is 1. The van der Waals surface area contributed by atoms with Crippen molar-refractivity contribution in [3.05, 3.63) is 107 Å². The van der Waals surface area contributed by atoms with E-state index in [0.29, 0.717) is 68.9 Å². The number of likely N-dealkylation sites (N-methyl/N-ethyl adjacent to an activating group) is 1. The van der Waals surface area contributed by atoms with E-state index in [1.54, 1.807) is 9.80 Å². The third-order valence-electron chi connectivity index (χ3n) is 11.6. The van der Waals surface area contributed by atoms with Crippen molar-refractivity contribution in [2.24, 2.45) is 0 Å². The lowest BCUT2D eigenvalue weighted by atomic mass is 9.89. The molecular formula is C44H45Cl2N5O5. The minimum absolute atomic E-state index is 0.0492. The van der Waals surface area contributed by atoms with Crippen LogP contribution in [-0.4, -0.2) is 84.3 Å². The quantitative estimate of drug-likeness (QED) is 0.108. The number of ether oxygens (including phenoxy) is 1. The first-order chi connectivity index (χ1) is 27.2. The number of halogens is 2. The highest BCUT2D eigenvalue weighted by Crippen LogP contribution is 2.48. The lowest BCUT2D eigenvalue weighted by Gasteiger charge is -2.39. The molecule has 12 heteroatoms. The van der Waals surface area contributed by atoms with E-state index in [1.165, 1.54) is 4.90 Å². The second-order valence-corrected chi connectivity index (χ2v) is 15.8. The highest BCUT2D eigenvalue weighted by atomic mass is 35.5. The van der Waals surface area contributed by atoms with Crippen molar-refractivity contribution in [3.8, 4) is 5.75 Å². The summed E-state index contributed by atoms with van der Waals surface area (Å²) in [6.45, 7) is 2.80. The number of benzene rings is 5. The van der Waals surface area contributed by atoms with Crippen molar-refractivity contribution in [2.45, 2.75) is 43.7 Å². The van der Waals surface area contributed by atoms with E-state index in [0.717, 1.165) is 55.2 Å². The molecule has 3 aliphatic heterocycles. The van der Waals surface area contributed by atoms with E-state index in [1.807, 2.05) is 85.9 Å². The second kappa shape index (κ2) is 15.8. The van der Waals surface area contributed by atoms with Crippen molar-refractivity contribution < 1.29 is 24.2 Å². The third-order valence-corrected chi connectivity index (χ3v) is 12.4. The molecule has 1 saturated heterocycles. The molecule has 0 aromatic heterocycles. The molecule has 8 rings (SSSR count). The minimum Gasteiger partial charge on any atom is -0.488 e. The number of rotatable bonds is 10. The van der Waals surface area contributed by atoms with Crippen LogP contribution in [0, 0.1) is 0 Å². The van der Waals surface area contributed by atoms with Crippen LogP contribution >= 0.6 is 23.2 Å². The van der Waals surface area contributed by atoms with Crippen LogP contribution in [0.1, 0.15) is 59.4 Å². The van der Waals surface area contributed by atoms with Crippen molar-refractivity contribution in [1.29, 1.82) is 0 Å². The Labute approximate surface area is 336 Å². The number of nitrogens with zero attached hydrogens (tertiary/aromatic N) is 4. The first kappa shape index (κ1) is 37.9. The van der Waals surface area contributed by atoms with Gasteiger partial charge in [0, 0.05) is 92.0 Å². The molecule has 3 heterocycles. The van der Waals surface area contributed by atoms with Crippen molar-refractivity contribution >= 4 is 79.7 Å². The number of carbonyl (C=O) groups excluding carboxylic acids is 2. The molecule has 3 aliphatic rings. The van der Waals surface area contributed by atoms with Gasteiger partial charge in [-0.25, -0.2) is 4.79 Å². The van der Waals surface area contributed by atoms with Crippen molar-refractivity contribution in [3.63, 3.8) is 0 Å². The van der Waals surface area contributed by atoms with Gasteiger partial charge in [-0.1, -0.05) is 60.7 Å². The molecule has 56 heavy (non-hydrogen) atoms. The molecule has 5 aromatic rings. The zero-order valence-electron chi connectivity index (χ0n) is 31.3. The summed E-state index contributed by atoms with van der Waals surface area (Å²) in [5.74, 6) is 1.08. The van der Waals surface area contributed by atoms with Gasteiger partial charge >= 0.3 is 6.09 Å². The van der Waals surface area contributed by atoms with Gasteiger partial charge in [-0.3, -0.25) is 14.5 Å². The normalized spacial score (nSPS) is 19.4. The van der Waals surface area contributed by atoms with Gasteiger partial charge in [0.25, 0.3) is 0 Å². The predicted octanol–water partition coefficient (Wildman–Crippen LogP) is 8.33. The summed E-state index contributed by atoms with van der Waals surface area (Å²) in [6.07, 6.45) is -0.249. The number of carbonyl (C=O) groups is 3. The third kappa shape index (κ3) is 6.99. The Balaban J connectivity index is 1.03. The summed E-state index contributed by atoms with van der Waals surface area (Å²) >= 11 is 13.1. The fraction of sp³-hybridized carbons (Fsp3) is 0.341. The van der Waals surface area contributed by atoms with Crippen molar-refractivity contribution in [2.75, 3.05) is 67.1 Å². The van der Waals surface area contributed by atoms with Gasteiger partial charge in [0.1, 0.15) is 12.4 Å². The molecule has 3 N–H and O–H groups in total. The van der Waals surface area contributed by atoms with Gasteiger partial charge in [-0.15, -0.1) is 23.2 Å². The van der Waals surface area contributed by atoms with Gasteiger partial charge in [-0.05, 0) is 70.1 Å². The zero-order valence-corrected chi connectivity index (χ0v) is 32.8. The number of amides is 3. The smallest absolute Gasteiger partial charge is 0.407 e. The fourth-order valence-corrected chi connectivity index (χ4v) is 9.36. The van der Waals surface area contributed by atoms with Crippen LogP contribution in [0.15, 0.2) is 84.9 Å². The molecule has 5 aromatic carbocycles. The number of hydrogen-bond acceptors (Lipinski definition) is 6. The molecular weight excluding hydrogens is 749 g/mol. The Morgan fingerprint density at radius 2 is 1.30 bits per heavy atom. The Hall–Kier alpha value is -5.03. The Bertz CT molecular complexity index is 2320. The van der Waals surface area contributed by atoms with Gasteiger partial charge in [-0.2, -0.15) is 0 Å². The van der Waals surface area contributed by atoms with Crippen LogP contribution < -0.4 is 20.3 Å². The topological polar surface area (TPSA) is 120 Å². The Morgan fingerprint density at radius 1 is 0.750 bits per heavy atom. The lowest BCUT2D eigenvalue weighted by Crippen LogP contribution is -2.48. The largest absolute Gasteiger partial charge is 0.488 e.